The van der Waals surface area contributed by atoms with E-state index in [9.17, 15) is 44.0 Å². The van der Waals surface area contributed by atoms with E-state index in [-0.39, 0.29) is 33.2 Å². The number of nitrogens with one attached hydrogen (secondary N) is 2. The number of carbonyl (C=O) groups excluding carboxylic acids is 1. The van der Waals surface area contributed by atoms with Crippen LogP contribution in [0.3, 0.4) is 0 Å². The van der Waals surface area contributed by atoms with Gasteiger partial charge >= 0.3 is 5.97 Å². The predicted octanol–water partition coefficient (Wildman–Crippen LogP) is 9.32. The average molecular weight is 978 g/mol. The molecule has 65 heavy (non-hydrogen) atoms. The van der Waals surface area contributed by atoms with Crippen LogP contribution < -0.4 is 18.9 Å². The summed E-state index contributed by atoms with van der Waals surface area (Å²) in [5.74, 6) is -7.12. The van der Waals surface area contributed by atoms with Gasteiger partial charge in [-0.3, -0.25) is 14.2 Å². The monoisotopic (exact) mass is 977 g/mol. The molecule has 0 bridgehead atoms. The Hall–Kier alpha value is -6.24. The largest absolute Gasteiger partial charge is 0.478 e. The lowest BCUT2D eigenvalue weighted by atomic mass is 10.1. The highest BCUT2D eigenvalue weighted by molar-refractivity contribution is 7.93. The van der Waals surface area contributed by atoms with Crippen LogP contribution in [0.15, 0.2) is 83.1 Å². The first-order valence-electron chi connectivity index (χ1n) is 19.6. The van der Waals surface area contributed by atoms with E-state index in [2.05, 4.69) is 18.7 Å². The molecule has 1 saturated heterocycles. The van der Waals surface area contributed by atoms with Gasteiger partial charge in [-0.2, -0.15) is 8.75 Å². The maximum atomic E-state index is 14.6. The van der Waals surface area contributed by atoms with Gasteiger partial charge in [-0.25, -0.2) is 49.2 Å². The molecule has 1 amide bonds. The first kappa shape index (κ1) is 48.2. The quantitative estimate of drug-likeness (QED) is 0.0975. The van der Waals surface area contributed by atoms with Crippen molar-refractivity contribution in [3.8, 4) is 23.0 Å². The van der Waals surface area contributed by atoms with Gasteiger partial charge in [0.05, 0.1) is 5.56 Å². The van der Waals surface area contributed by atoms with Gasteiger partial charge in [0.1, 0.15) is 45.6 Å². The molecule has 344 valence electrons. The van der Waals surface area contributed by atoms with Crippen molar-refractivity contribution in [3.05, 3.63) is 119 Å². The average Bonchev–Trinajstić information content (AvgIpc) is 4.10. The zero-order valence-corrected chi connectivity index (χ0v) is 37.7. The van der Waals surface area contributed by atoms with E-state index in [0.29, 0.717) is 54.0 Å². The van der Waals surface area contributed by atoms with E-state index in [1.54, 1.807) is 30.9 Å². The Morgan fingerprint density at radius 1 is 0.600 bits per heavy atom. The Morgan fingerprint density at radius 2 is 1.02 bits per heavy atom. The Balaban J connectivity index is 0.000000195. The van der Waals surface area contributed by atoms with Gasteiger partial charge < -0.3 is 19.5 Å². The van der Waals surface area contributed by atoms with Crippen LogP contribution in [-0.4, -0.2) is 70.5 Å². The molecular weight excluding hydrogens is 939 g/mol. The number of likely N-dealkylation sites (tertiary alicyclic amines) is 1. The number of benzene rings is 4. The number of rotatable bonds is 12. The smallest absolute Gasteiger partial charge is 0.335 e. The second-order valence-electron chi connectivity index (χ2n) is 14.5. The van der Waals surface area contributed by atoms with E-state index in [0.717, 1.165) is 54.6 Å². The maximum absolute atomic E-state index is 14.6. The van der Waals surface area contributed by atoms with Crippen LogP contribution in [0.4, 0.5) is 27.8 Å². The topological polar surface area (TPSA) is 220 Å². The summed E-state index contributed by atoms with van der Waals surface area (Å²) < 4.78 is 129. The molecule has 2 fully saturated rings. The molecule has 0 spiro atoms. The van der Waals surface area contributed by atoms with E-state index in [1.165, 1.54) is 50.3 Å². The highest BCUT2D eigenvalue weighted by atomic mass is 32.2. The van der Waals surface area contributed by atoms with Gasteiger partial charge in [-0.05, 0) is 74.2 Å². The van der Waals surface area contributed by atoms with Gasteiger partial charge in [-0.1, -0.05) is 32.1 Å². The van der Waals surface area contributed by atoms with Crippen LogP contribution in [-0.2, 0) is 20.0 Å². The van der Waals surface area contributed by atoms with Crippen molar-refractivity contribution in [2.45, 2.75) is 68.6 Å². The van der Waals surface area contributed by atoms with Crippen molar-refractivity contribution in [1.29, 1.82) is 0 Å². The summed E-state index contributed by atoms with van der Waals surface area (Å²) in [5, 5.41) is 8.86. The number of carboxylic acid groups (broad SMARTS) is 1. The Kier molecular flexibility index (Phi) is 15.7. The summed E-state index contributed by atoms with van der Waals surface area (Å²) in [4.78, 5) is 30.9. The number of hydrogen-bond donors (Lipinski definition) is 3. The van der Waals surface area contributed by atoms with Gasteiger partial charge in [-0.15, -0.1) is 0 Å². The minimum absolute atomic E-state index is 0.0432. The third-order valence-electron chi connectivity index (χ3n) is 9.41. The van der Waals surface area contributed by atoms with Crippen molar-refractivity contribution >= 4 is 65.3 Å². The second kappa shape index (κ2) is 21.2. The molecule has 1 saturated carbocycles. The summed E-state index contributed by atoms with van der Waals surface area (Å²) in [6, 6.07) is 10.8. The highest BCUT2D eigenvalue weighted by Crippen LogP contribution is 2.33. The summed E-state index contributed by atoms with van der Waals surface area (Å²) >= 11 is 1.47. The Labute approximate surface area is 378 Å². The standard InChI is InChI=1S/C20H18F2N4O4S2.C16H11F2N3O5S2.C5H10/c1-12-6-13(19(27)26-4-2-3-5-26)8-14(7-12)30-17-9-16(22)18(10-15(17)21)32(28,29)25-20-23-11-24-31-20;1-8-2-9(15(22)23)4-10(3-8)26-13-5-12(18)14(6-11(13)17)28(24,25)21-16-19-7-20-27-16;1-2-4-5-3-1/h6-11H,2-5H2,1H3,(H,23,24,25);2-7H,1H3,(H,22,23)(H,19,20,21);1-5H2. The molecule has 3 N–H and O–H groups in total. The summed E-state index contributed by atoms with van der Waals surface area (Å²) in [7, 11) is -8.86. The van der Waals surface area contributed by atoms with Gasteiger partial charge in [0.25, 0.3) is 26.0 Å². The molecule has 0 radical (unpaired) electrons. The number of ether oxygens (including phenoxy) is 2. The first-order valence-corrected chi connectivity index (χ1v) is 24.1. The van der Waals surface area contributed by atoms with Crippen molar-refractivity contribution < 1.29 is 58.6 Å². The molecule has 1 aliphatic heterocycles. The fourth-order valence-electron chi connectivity index (χ4n) is 6.47. The highest BCUT2D eigenvalue weighted by Gasteiger charge is 2.26. The molecule has 8 rings (SSSR count). The lowest BCUT2D eigenvalue weighted by Gasteiger charge is -2.17. The van der Waals surface area contributed by atoms with E-state index < -0.39 is 70.6 Å². The van der Waals surface area contributed by atoms with Crippen LogP contribution in [0.5, 0.6) is 23.0 Å². The maximum Gasteiger partial charge on any atom is 0.335 e. The molecule has 0 atom stereocenters. The lowest BCUT2D eigenvalue weighted by molar-refractivity contribution is 0.0695. The van der Waals surface area contributed by atoms with E-state index >= 15 is 0 Å². The second-order valence-corrected chi connectivity index (χ2v) is 19.3. The van der Waals surface area contributed by atoms with Gasteiger partial charge in [0, 0.05) is 66.0 Å². The molecule has 0 unspecified atom stereocenters. The predicted molar refractivity (Wildman–Crippen MR) is 232 cm³/mol. The number of amides is 1. The van der Waals surface area contributed by atoms with Crippen LogP contribution in [0.2, 0.25) is 0 Å². The summed E-state index contributed by atoms with van der Waals surface area (Å²) in [5.41, 5.74) is 1.50. The van der Waals surface area contributed by atoms with Crippen molar-refractivity contribution in [1.82, 2.24) is 23.6 Å². The number of halogens is 4. The molecule has 24 heteroatoms. The van der Waals surface area contributed by atoms with E-state index in [1.807, 2.05) is 9.44 Å². The molecule has 1 aliphatic carbocycles. The molecule has 2 aromatic heterocycles. The molecule has 3 heterocycles. The van der Waals surface area contributed by atoms with Crippen molar-refractivity contribution in [2.24, 2.45) is 0 Å². The SMILES string of the molecule is C1CCCC1.Cc1cc(Oc2cc(F)c(S(=O)(=O)Nc3ncns3)cc2F)cc(C(=O)N2CCCC2)c1.Cc1cc(Oc2cc(F)c(S(=O)(=O)Nc3ncns3)cc2F)cc(C(=O)O)c1. The molecular formula is C41H39F4N7O9S4. The van der Waals surface area contributed by atoms with Crippen LogP contribution in [0.25, 0.3) is 0 Å². The van der Waals surface area contributed by atoms with Crippen LogP contribution in [0.1, 0.15) is 76.8 Å². The van der Waals surface area contributed by atoms with Crippen molar-refractivity contribution in [3.63, 3.8) is 0 Å². The fraction of sp³-hybridized carbons (Fsp3) is 0.268. The zero-order chi connectivity index (χ0) is 46.9. The molecule has 2 aliphatic rings. The minimum atomic E-state index is -4.44. The number of aryl methyl sites for hydroxylation is 2. The molecule has 16 nitrogen and oxygen atoms in total. The number of carbonyl (C=O) groups is 2. The van der Waals surface area contributed by atoms with Crippen molar-refractivity contribution in [2.75, 3.05) is 22.5 Å². The van der Waals surface area contributed by atoms with Crippen LogP contribution in [0, 0.1) is 37.1 Å². The Morgan fingerprint density at radius 3 is 1.42 bits per heavy atom. The third-order valence-corrected chi connectivity index (χ3v) is 13.5. The molecule has 6 aromatic rings. The number of aromatic carboxylic acids is 1. The lowest BCUT2D eigenvalue weighted by Crippen LogP contribution is -2.27. The third kappa shape index (κ3) is 13.0. The number of anilines is 2. The number of sulfonamides is 2. The van der Waals surface area contributed by atoms with Gasteiger partial charge in [0.15, 0.2) is 23.1 Å². The number of nitrogens with zero attached hydrogens (tertiary/aromatic N) is 5. The number of carboxylic acids is 1. The summed E-state index contributed by atoms with van der Waals surface area (Å²) in [6.45, 7) is 4.69. The molecule has 4 aromatic carbocycles. The number of aromatic nitrogens is 4. The Bertz CT molecular complexity index is 2870. The summed E-state index contributed by atoms with van der Waals surface area (Å²) in [6.07, 6.45) is 11.6. The first-order chi connectivity index (χ1) is 30.9. The van der Waals surface area contributed by atoms with E-state index in [4.69, 9.17) is 14.6 Å². The number of hydrogen-bond acceptors (Lipinski definition) is 14. The normalized spacial score (nSPS) is 13.5. The zero-order valence-electron chi connectivity index (χ0n) is 34.4. The minimum Gasteiger partial charge on any atom is -0.478 e. The van der Waals surface area contributed by atoms with Gasteiger partial charge in [0.2, 0.25) is 10.3 Å². The fourth-order valence-corrected chi connectivity index (χ4v) is 9.93. The van der Waals surface area contributed by atoms with Crippen LogP contribution >= 0.6 is 23.1 Å².